The highest BCUT2D eigenvalue weighted by Crippen LogP contribution is 2.32. The second-order valence-electron chi connectivity index (χ2n) is 8.46. The van der Waals surface area contributed by atoms with Gasteiger partial charge in [0.2, 0.25) is 11.9 Å². The number of benzene rings is 1. The van der Waals surface area contributed by atoms with Crippen LogP contribution in [0.25, 0.3) is 5.65 Å². The van der Waals surface area contributed by atoms with Gasteiger partial charge in [0, 0.05) is 56.1 Å². The van der Waals surface area contributed by atoms with Gasteiger partial charge < -0.3 is 19.7 Å². The molecule has 5 rings (SSSR count). The van der Waals surface area contributed by atoms with Crippen molar-refractivity contribution in [1.82, 2.24) is 24.5 Å². The molecule has 174 valence electrons. The van der Waals surface area contributed by atoms with E-state index < -0.39 is 0 Å². The fourth-order valence-electron chi connectivity index (χ4n) is 4.80. The Hall–Kier alpha value is -3.27. The average molecular weight is 455 g/mol. The first-order valence-corrected chi connectivity index (χ1v) is 11.3. The van der Waals surface area contributed by atoms with Crippen molar-refractivity contribution in [2.24, 2.45) is 0 Å². The van der Waals surface area contributed by atoms with Crippen LogP contribution >= 0.6 is 0 Å². The van der Waals surface area contributed by atoms with Crippen molar-refractivity contribution < 1.29 is 18.7 Å². The molecule has 9 nitrogen and oxygen atoms in total. The van der Waals surface area contributed by atoms with Crippen LogP contribution in [0.3, 0.4) is 0 Å². The van der Waals surface area contributed by atoms with Crippen LogP contribution in [-0.4, -0.2) is 63.8 Å². The van der Waals surface area contributed by atoms with Crippen LogP contribution in [0, 0.1) is 5.82 Å². The number of halogens is 1. The topological polar surface area (TPSA) is 93.9 Å². The fourth-order valence-corrected chi connectivity index (χ4v) is 4.80. The molecule has 2 aliphatic rings. The van der Waals surface area contributed by atoms with Gasteiger partial charge in [-0.3, -0.25) is 9.20 Å². The van der Waals surface area contributed by atoms with E-state index in [1.807, 2.05) is 15.5 Å². The summed E-state index contributed by atoms with van der Waals surface area (Å²) in [6.45, 7) is 2.37. The number of amides is 1. The molecule has 1 saturated heterocycles. The van der Waals surface area contributed by atoms with Crippen LogP contribution in [0.4, 0.5) is 10.3 Å². The lowest BCUT2D eigenvalue weighted by molar-refractivity contribution is -0.135. The lowest BCUT2D eigenvalue weighted by Crippen LogP contribution is -2.34. The van der Waals surface area contributed by atoms with E-state index in [-0.39, 0.29) is 30.8 Å². The minimum Gasteiger partial charge on any atom is -0.493 e. The molecule has 1 fully saturated rings. The number of carbonyl (C=O) groups excluding carboxylic acids is 1. The predicted molar refractivity (Wildman–Crippen MR) is 119 cm³/mol. The zero-order valence-corrected chi connectivity index (χ0v) is 18.6. The zero-order valence-electron chi connectivity index (χ0n) is 18.6. The van der Waals surface area contributed by atoms with E-state index in [0.29, 0.717) is 31.1 Å². The maximum Gasteiger partial charge on any atom is 0.248 e. The Kier molecular flexibility index (Phi) is 6.08. The summed E-state index contributed by atoms with van der Waals surface area (Å²) in [5, 5.41) is 11.7. The van der Waals surface area contributed by atoms with Gasteiger partial charge in [0.1, 0.15) is 24.5 Å². The van der Waals surface area contributed by atoms with Crippen molar-refractivity contribution in [2.75, 3.05) is 38.7 Å². The van der Waals surface area contributed by atoms with Crippen molar-refractivity contribution in [3.63, 3.8) is 0 Å². The predicted octanol–water partition coefficient (Wildman–Crippen LogP) is 2.55. The number of nitrogens with one attached hydrogen (secondary N) is 1. The molecule has 4 heterocycles. The maximum absolute atomic E-state index is 14.5. The molecule has 3 aromatic rings. The van der Waals surface area contributed by atoms with Gasteiger partial charge in [-0.2, -0.15) is 0 Å². The Morgan fingerprint density at radius 1 is 1.33 bits per heavy atom. The number of fused-ring (bicyclic) bond motifs is 2. The van der Waals surface area contributed by atoms with Crippen LogP contribution in [0.5, 0.6) is 5.75 Å². The Labute approximate surface area is 190 Å². The van der Waals surface area contributed by atoms with E-state index in [9.17, 15) is 9.18 Å². The quantitative estimate of drug-likeness (QED) is 0.612. The van der Waals surface area contributed by atoms with E-state index in [4.69, 9.17) is 9.47 Å². The molecule has 0 spiro atoms. The number of ether oxygens (including phenoxy) is 2. The number of aromatic nitrogens is 4. The van der Waals surface area contributed by atoms with Crippen LogP contribution in [0.15, 0.2) is 24.7 Å². The zero-order chi connectivity index (χ0) is 22.8. The van der Waals surface area contributed by atoms with Crippen LogP contribution in [0.1, 0.15) is 41.9 Å². The SMILES string of the molecule is COCC(=O)N1CCC[C@@H](c2cnc(NCc3c(F)ccc4c3CCO4)n3cnnc23)CC1. The van der Waals surface area contributed by atoms with Gasteiger partial charge in [0.05, 0.1) is 6.61 Å². The Bertz CT molecular complexity index is 1170. The summed E-state index contributed by atoms with van der Waals surface area (Å²) in [4.78, 5) is 18.7. The largest absolute Gasteiger partial charge is 0.493 e. The third-order valence-corrected chi connectivity index (χ3v) is 6.51. The molecular formula is C23H27FN6O3. The molecule has 0 bridgehead atoms. The number of methoxy groups -OCH3 is 1. The van der Waals surface area contributed by atoms with Crippen LogP contribution < -0.4 is 10.1 Å². The van der Waals surface area contributed by atoms with Gasteiger partial charge in [-0.1, -0.05) is 0 Å². The molecule has 2 aliphatic heterocycles. The van der Waals surface area contributed by atoms with Gasteiger partial charge in [0.15, 0.2) is 5.65 Å². The van der Waals surface area contributed by atoms with E-state index in [0.717, 1.165) is 48.3 Å². The Morgan fingerprint density at radius 2 is 2.24 bits per heavy atom. The lowest BCUT2D eigenvalue weighted by atomic mass is 9.94. The first-order valence-electron chi connectivity index (χ1n) is 11.3. The molecule has 1 aromatic carbocycles. The number of carbonyl (C=O) groups is 1. The molecule has 0 radical (unpaired) electrons. The monoisotopic (exact) mass is 454 g/mol. The summed E-state index contributed by atoms with van der Waals surface area (Å²) in [6, 6.07) is 3.13. The Morgan fingerprint density at radius 3 is 3.12 bits per heavy atom. The summed E-state index contributed by atoms with van der Waals surface area (Å²) in [5.41, 5.74) is 3.25. The minimum atomic E-state index is -0.255. The second-order valence-corrected chi connectivity index (χ2v) is 8.46. The number of hydrogen-bond donors (Lipinski definition) is 1. The number of likely N-dealkylation sites (tertiary alicyclic amines) is 1. The molecule has 0 aliphatic carbocycles. The third kappa shape index (κ3) is 4.22. The molecular weight excluding hydrogens is 427 g/mol. The van der Waals surface area contributed by atoms with Crippen molar-refractivity contribution >= 4 is 17.5 Å². The second kappa shape index (κ2) is 9.30. The number of hydrogen-bond acceptors (Lipinski definition) is 7. The average Bonchev–Trinajstić information content (AvgIpc) is 3.43. The van der Waals surface area contributed by atoms with E-state index in [1.165, 1.54) is 13.2 Å². The summed E-state index contributed by atoms with van der Waals surface area (Å²) in [6.07, 6.45) is 6.82. The fraction of sp³-hybridized carbons (Fsp3) is 0.478. The third-order valence-electron chi connectivity index (χ3n) is 6.51. The number of nitrogens with zero attached hydrogens (tertiary/aromatic N) is 5. The van der Waals surface area contributed by atoms with Crippen molar-refractivity contribution in [2.45, 2.75) is 38.1 Å². The first-order chi connectivity index (χ1) is 16.2. The van der Waals surface area contributed by atoms with Gasteiger partial charge >= 0.3 is 0 Å². The van der Waals surface area contributed by atoms with Crippen LogP contribution in [0.2, 0.25) is 0 Å². The van der Waals surface area contributed by atoms with Gasteiger partial charge in [-0.25, -0.2) is 9.37 Å². The molecule has 2 aromatic heterocycles. The van der Waals surface area contributed by atoms with Gasteiger partial charge in [-0.05, 0) is 37.3 Å². The highest BCUT2D eigenvalue weighted by Gasteiger charge is 2.25. The molecule has 10 heteroatoms. The Balaban J connectivity index is 1.34. The van der Waals surface area contributed by atoms with Crippen molar-refractivity contribution in [1.29, 1.82) is 0 Å². The molecule has 1 amide bonds. The molecule has 0 unspecified atom stereocenters. The van der Waals surface area contributed by atoms with Crippen molar-refractivity contribution in [3.8, 4) is 5.75 Å². The minimum absolute atomic E-state index is 0.0217. The van der Waals surface area contributed by atoms with Gasteiger partial charge in [0.25, 0.3) is 0 Å². The van der Waals surface area contributed by atoms with Crippen LogP contribution in [-0.2, 0) is 22.5 Å². The first kappa shape index (κ1) is 21.6. The van der Waals surface area contributed by atoms with Crippen molar-refractivity contribution in [3.05, 3.63) is 47.2 Å². The molecule has 1 N–H and O–H groups in total. The van der Waals surface area contributed by atoms with E-state index >= 15 is 0 Å². The number of rotatable bonds is 6. The smallest absolute Gasteiger partial charge is 0.248 e. The summed E-state index contributed by atoms with van der Waals surface area (Å²) >= 11 is 0. The maximum atomic E-state index is 14.5. The summed E-state index contributed by atoms with van der Waals surface area (Å²) in [5.74, 6) is 1.30. The van der Waals surface area contributed by atoms with E-state index in [1.54, 1.807) is 12.4 Å². The molecule has 0 saturated carbocycles. The standard InChI is InChI=1S/C23H27FN6O3/c1-32-13-21(31)29-8-2-3-15(6-9-29)17-11-25-23(30-14-27-28-22(17)30)26-12-18-16-7-10-33-20(16)5-4-19(18)24/h4-5,11,14-15H,2-3,6-10,12-13H2,1H3,(H,25,26)/t15-/m1/s1. The highest BCUT2D eigenvalue weighted by atomic mass is 19.1. The number of anilines is 1. The molecule has 1 atom stereocenters. The van der Waals surface area contributed by atoms with E-state index in [2.05, 4.69) is 20.5 Å². The normalized spacial score (nSPS) is 18.1. The summed E-state index contributed by atoms with van der Waals surface area (Å²) in [7, 11) is 1.54. The van der Waals surface area contributed by atoms with Gasteiger partial charge in [-0.15, -0.1) is 10.2 Å². The molecule has 33 heavy (non-hydrogen) atoms. The highest BCUT2D eigenvalue weighted by molar-refractivity contribution is 5.77. The lowest BCUT2D eigenvalue weighted by Gasteiger charge is -2.20. The summed E-state index contributed by atoms with van der Waals surface area (Å²) < 4.78 is 26.9.